The fourth-order valence-corrected chi connectivity index (χ4v) is 2.38. The summed E-state index contributed by atoms with van der Waals surface area (Å²) in [6.07, 6.45) is 3.71. The fraction of sp³-hybridized carbons (Fsp3) is 0.500. The van der Waals surface area contributed by atoms with Gasteiger partial charge in [0.1, 0.15) is 0 Å². The summed E-state index contributed by atoms with van der Waals surface area (Å²) in [7, 11) is 0. The van der Waals surface area contributed by atoms with E-state index in [1.54, 1.807) is 12.1 Å². The van der Waals surface area contributed by atoms with E-state index in [1.807, 2.05) is 11.0 Å². The van der Waals surface area contributed by atoms with E-state index in [-0.39, 0.29) is 5.91 Å². The van der Waals surface area contributed by atoms with Gasteiger partial charge >= 0.3 is 0 Å². The summed E-state index contributed by atoms with van der Waals surface area (Å²) in [4.78, 5) is 14.2. The van der Waals surface area contributed by atoms with Gasteiger partial charge in [0.25, 0.3) is 0 Å². The number of hydrogen-bond acceptors (Lipinski definition) is 1. The molecule has 4 heteroatoms. The molecule has 1 fully saturated rings. The minimum absolute atomic E-state index is 0.192. The molecule has 0 atom stereocenters. The number of carbonyl (C=O) groups excluding carboxylic acids is 1. The van der Waals surface area contributed by atoms with Crippen LogP contribution in [0.25, 0.3) is 0 Å². The quantitative estimate of drug-likeness (QED) is 0.803. The summed E-state index contributed by atoms with van der Waals surface area (Å²) >= 11 is 11.8. The van der Waals surface area contributed by atoms with Crippen molar-refractivity contribution in [2.45, 2.75) is 38.6 Å². The van der Waals surface area contributed by atoms with Crippen LogP contribution in [0.2, 0.25) is 10.0 Å². The van der Waals surface area contributed by atoms with Crippen molar-refractivity contribution in [2.75, 3.05) is 6.54 Å². The average molecular weight is 286 g/mol. The van der Waals surface area contributed by atoms with E-state index in [0.717, 1.165) is 31.4 Å². The van der Waals surface area contributed by atoms with Crippen LogP contribution in [-0.2, 0) is 11.2 Å². The van der Waals surface area contributed by atoms with Crippen molar-refractivity contribution < 1.29 is 4.79 Å². The van der Waals surface area contributed by atoms with E-state index in [1.165, 1.54) is 0 Å². The highest BCUT2D eigenvalue weighted by atomic mass is 35.5. The van der Waals surface area contributed by atoms with Gasteiger partial charge in [-0.2, -0.15) is 0 Å². The summed E-state index contributed by atoms with van der Waals surface area (Å²) in [6, 6.07) is 5.86. The molecule has 0 spiro atoms. The maximum atomic E-state index is 12.2. The predicted octanol–water partition coefficient (Wildman–Crippen LogP) is 3.94. The lowest BCUT2D eigenvalue weighted by molar-refractivity contribution is -0.131. The molecule has 0 aromatic heterocycles. The van der Waals surface area contributed by atoms with Crippen LogP contribution in [0, 0.1) is 0 Å². The number of nitrogens with zero attached hydrogens (tertiary/aromatic N) is 1. The minimum Gasteiger partial charge on any atom is -0.339 e. The molecule has 0 heterocycles. The highest BCUT2D eigenvalue weighted by Crippen LogP contribution is 2.28. The zero-order valence-corrected chi connectivity index (χ0v) is 12.0. The molecule has 1 aliphatic rings. The first kappa shape index (κ1) is 13.7. The summed E-state index contributed by atoms with van der Waals surface area (Å²) in [5, 5.41) is 1.04. The van der Waals surface area contributed by atoms with Gasteiger partial charge in [-0.1, -0.05) is 36.2 Å². The highest BCUT2D eigenvalue weighted by molar-refractivity contribution is 6.42. The normalized spacial score (nSPS) is 14.6. The number of rotatable bonds is 5. The molecule has 1 amide bonds. The van der Waals surface area contributed by atoms with Gasteiger partial charge in [0.05, 0.1) is 16.5 Å². The zero-order valence-electron chi connectivity index (χ0n) is 10.5. The molecule has 0 radical (unpaired) electrons. The first-order valence-corrected chi connectivity index (χ1v) is 7.10. The van der Waals surface area contributed by atoms with E-state index < -0.39 is 0 Å². The maximum Gasteiger partial charge on any atom is 0.227 e. The Labute approximate surface area is 118 Å². The van der Waals surface area contributed by atoms with Crippen LogP contribution in [0.15, 0.2) is 18.2 Å². The maximum absolute atomic E-state index is 12.2. The molecule has 1 aromatic carbocycles. The Morgan fingerprint density at radius 2 is 2.06 bits per heavy atom. The smallest absolute Gasteiger partial charge is 0.227 e. The first-order chi connectivity index (χ1) is 8.61. The van der Waals surface area contributed by atoms with Crippen molar-refractivity contribution in [2.24, 2.45) is 0 Å². The summed E-state index contributed by atoms with van der Waals surface area (Å²) in [5.41, 5.74) is 0.927. The number of carbonyl (C=O) groups is 1. The van der Waals surface area contributed by atoms with Gasteiger partial charge in [-0.25, -0.2) is 0 Å². The van der Waals surface area contributed by atoms with Gasteiger partial charge in [0.2, 0.25) is 5.91 Å². The van der Waals surface area contributed by atoms with Gasteiger partial charge in [-0.15, -0.1) is 0 Å². The number of hydrogen-bond donors (Lipinski definition) is 0. The van der Waals surface area contributed by atoms with Crippen molar-refractivity contribution in [1.29, 1.82) is 0 Å². The Kier molecular flexibility index (Phi) is 4.52. The monoisotopic (exact) mass is 285 g/mol. The van der Waals surface area contributed by atoms with Gasteiger partial charge in [-0.05, 0) is 37.0 Å². The molecule has 98 valence electrons. The molecule has 2 nitrogen and oxygen atoms in total. The minimum atomic E-state index is 0.192. The zero-order chi connectivity index (χ0) is 13.1. The van der Waals surface area contributed by atoms with Crippen molar-refractivity contribution >= 4 is 29.1 Å². The number of halogens is 2. The summed E-state index contributed by atoms with van der Waals surface area (Å²) < 4.78 is 0. The Balaban J connectivity index is 2.02. The Morgan fingerprint density at radius 3 is 2.61 bits per heavy atom. The highest BCUT2D eigenvalue weighted by Gasteiger charge is 2.31. The van der Waals surface area contributed by atoms with Crippen LogP contribution in [-0.4, -0.2) is 23.4 Å². The van der Waals surface area contributed by atoms with Crippen molar-refractivity contribution in [3.05, 3.63) is 33.8 Å². The molecule has 0 N–H and O–H groups in total. The average Bonchev–Trinajstić information content (AvgIpc) is 3.15. The molecule has 1 saturated carbocycles. The van der Waals surface area contributed by atoms with Gasteiger partial charge in [0.15, 0.2) is 0 Å². The Hall–Kier alpha value is -0.730. The lowest BCUT2D eigenvalue weighted by atomic mass is 10.1. The molecule has 1 aromatic rings. The third-order valence-corrected chi connectivity index (χ3v) is 3.85. The van der Waals surface area contributed by atoms with Gasteiger partial charge in [0, 0.05) is 12.6 Å². The van der Waals surface area contributed by atoms with Crippen LogP contribution < -0.4 is 0 Å². The Morgan fingerprint density at radius 1 is 1.33 bits per heavy atom. The van der Waals surface area contributed by atoms with E-state index in [2.05, 4.69) is 6.92 Å². The van der Waals surface area contributed by atoms with Crippen LogP contribution in [0.3, 0.4) is 0 Å². The SMILES string of the molecule is CCCN(C(=O)Cc1ccc(Cl)c(Cl)c1)C1CC1. The van der Waals surface area contributed by atoms with E-state index in [0.29, 0.717) is 22.5 Å². The van der Waals surface area contributed by atoms with Crippen LogP contribution in [0.5, 0.6) is 0 Å². The second-order valence-electron chi connectivity index (χ2n) is 4.74. The molecule has 18 heavy (non-hydrogen) atoms. The van der Waals surface area contributed by atoms with Crippen molar-refractivity contribution in [1.82, 2.24) is 4.90 Å². The van der Waals surface area contributed by atoms with Crippen LogP contribution >= 0.6 is 23.2 Å². The van der Waals surface area contributed by atoms with E-state index >= 15 is 0 Å². The van der Waals surface area contributed by atoms with Crippen LogP contribution in [0.4, 0.5) is 0 Å². The third kappa shape index (κ3) is 3.39. The second kappa shape index (κ2) is 5.94. The predicted molar refractivity (Wildman–Crippen MR) is 75.2 cm³/mol. The second-order valence-corrected chi connectivity index (χ2v) is 5.56. The van der Waals surface area contributed by atoms with Crippen molar-refractivity contribution in [3.63, 3.8) is 0 Å². The number of amides is 1. The summed E-state index contributed by atoms with van der Waals surface area (Å²) in [5.74, 6) is 0.192. The fourth-order valence-electron chi connectivity index (χ4n) is 2.06. The lowest BCUT2D eigenvalue weighted by Crippen LogP contribution is -2.34. The molecule has 0 aliphatic heterocycles. The van der Waals surface area contributed by atoms with Gasteiger partial charge in [-0.3, -0.25) is 4.79 Å². The van der Waals surface area contributed by atoms with Crippen LogP contribution in [0.1, 0.15) is 31.7 Å². The molecule has 2 rings (SSSR count). The molecule has 0 saturated heterocycles. The van der Waals surface area contributed by atoms with Crippen molar-refractivity contribution in [3.8, 4) is 0 Å². The van der Waals surface area contributed by atoms with E-state index in [4.69, 9.17) is 23.2 Å². The lowest BCUT2D eigenvalue weighted by Gasteiger charge is -2.21. The Bertz CT molecular complexity index is 443. The summed E-state index contributed by atoms with van der Waals surface area (Å²) in [6.45, 7) is 2.95. The molecule has 0 unspecified atom stereocenters. The molecule has 1 aliphatic carbocycles. The molecular weight excluding hydrogens is 269 g/mol. The molecular formula is C14H17Cl2NO. The van der Waals surface area contributed by atoms with Gasteiger partial charge < -0.3 is 4.90 Å². The van der Waals surface area contributed by atoms with E-state index in [9.17, 15) is 4.79 Å². The third-order valence-electron chi connectivity index (χ3n) is 3.11. The largest absolute Gasteiger partial charge is 0.339 e. The topological polar surface area (TPSA) is 20.3 Å². The number of benzene rings is 1. The molecule has 0 bridgehead atoms. The first-order valence-electron chi connectivity index (χ1n) is 6.35. The standard InChI is InChI=1S/C14H17Cl2NO/c1-2-7-17(11-4-5-11)14(18)9-10-3-6-12(15)13(16)8-10/h3,6,8,11H,2,4-5,7,9H2,1H3.